The van der Waals surface area contributed by atoms with Gasteiger partial charge in [0.25, 0.3) is 0 Å². The molecule has 0 aliphatic heterocycles. The smallest absolute Gasteiger partial charge is 0.339 e. The van der Waals surface area contributed by atoms with Gasteiger partial charge in [-0.25, -0.2) is 8.78 Å². The molecule has 0 heterocycles. The molecule has 21 heavy (non-hydrogen) atoms. The van der Waals surface area contributed by atoms with Gasteiger partial charge in [-0.05, 0) is 30.3 Å². The molecule has 0 aliphatic carbocycles. The van der Waals surface area contributed by atoms with Crippen LogP contribution in [0.1, 0.15) is 5.56 Å². The van der Waals surface area contributed by atoms with Crippen molar-refractivity contribution in [2.45, 2.75) is 4.90 Å². The van der Waals surface area contributed by atoms with Crippen LogP contribution in [0.2, 0.25) is 5.02 Å². The van der Waals surface area contributed by atoms with Crippen molar-refractivity contribution < 1.29 is 21.4 Å². The second-order valence-corrected chi connectivity index (χ2v) is 5.82. The molecule has 0 spiro atoms. The van der Waals surface area contributed by atoms with Gasteiger partial charge in [0.2, 0.25) is 0 Å². The van der Waals surface area contributed by atoms with Gasteiger partial charge in [0.15, 0.2) is 11.6 Å². The van der Waals surface area contributed by atoms with Crippen molar-refractivity contribution in [3.63, 3.8) is 0 Å². The van der Waals surface area contributed by atoms with Gasteiger partial charge < -0.3 is 4.18 Å². The van der Waals surface area contributed by atoms with Crippen LogP contribution in [0.5, 0.6) is 5.75 Å². The zero-order valence-electron chi connectivity index (χ0n) is 10.2. The Balaban J connectivity index is 2.36. The Labute approximate surface area is 124 Å². The predicted molar refractivity (Wildman–Crippen MR) is 70.3 cm³/mol. The number of hydrogen-bond donors (Lipinski definition) is 0. The van der Waals surface area contributed by atoms with Crippen LogP contribution in [-0.2, 0) is 10.1 Å². The molecule has 2 aromatic rings. The second kappa shape index (κ2) is 5.68. The molecule has 0 aliphatic rings. The van der Waals surface area contributed by atoms with Crippen LogP contribution in [-0.4, -0.2) is 8.42 Å². The third kappa shape index (κ3) is 3.29. The van der Waals surface area contributed by atoms with Crippen molar-refractivity contribution in [3.05, 3.63) is 58.6 Å². The number of nitriles is 1. The van der Waals surface area contributed by atoms with Crippen molar-refractivity contribution in [1.82, 2.24) is 0 Å². The first-order chi connectivity index (χ1) is 9.83. The van der Waals surface area contributed by atoms with Gasteiger partial charge in [-0.2, -0.15) is 13.7 Å². The average molecular weight is 330 g/mol. The summed E-state index contributed by atoms with van der Waals surface area (Å²) in [6.45, 7) is 0. The van der Waals surface area contributed by atoms with Crippen LogP contribution in [0.4, 0.5) is 8.78 Å². The van der Waals surface area contributed by atoms with Crippen molar-refractivity contribution in [2.75, 3.05) is 0 Å². The van der Waals surface area contributed by atoms with Gasteiger partial charge in [0.1, 0.15) is 16.7 Å². The summed E-state index contributed by atoms with van der Waals surface area (Å²) in [5, 5.41) is 8.65. The summed E-state index contributed by atoms with van der Waals surface area (Å²) in [5.41, 5.74) is 0.100. The number of hydrogen-bond acceptors (Lipinski definition) is 4. The summed E-state index contributed by atoms with van der Waals surface area (Å²) in [6.07, 6.45) is 0. The first-order valence-electron chi connectivity index (χ1n) is 5.42. The molecule has 108 valence electrons. The van der Waals surface area contributed by atoms with E-state index in [1.54, 1.807) is 6.07 Å². The predicted octanol–water partition coefficient (Wildman–Crippen LogP) is 3.26. The minimum Gasteiger partial charge on any atom is -0.379 e. The number of halogens is 3. The summed E-state index contributed by atoms with van der Waals surface area (Å²) in [4.78, 5) is -0.309. The summed E-state index contributed by atoms with van der Waals surface area (Å²) >= 11 is 5.73. The maximum Gasteiger partial charge on any atom is 0.339 e. The molecule has 0 N–H and O–H groups in total. The molecule has 2 rings (SSSR count). The molecular weight excluding hydrogens is 324 g/mol. The molecule has 0 fully saturated rings. The van der Waals surface area contributed by atoms with E-state index >= 15 is 0 Å². The lowest BCUT2D eigenvalue weighted by Gasteiger charge is -2.08. The standard InChI is InChI=1S/C13H6ClF2NO3S/c14-11-6-10(3-1-8(11)7-17)21(18,19)20-9-2-4-12(15)13(16)5-9/h1-6H. The molecule has 8 heteroatoms. The van der Waals surface area contributed by atoms with Crippen LogP contribution < -0.4 is 4.18 Å². The highest BCUT2D eigenvalue weighted by Gasteiger charge is 2.19. The Morgan fingerprint density at radius 2 is 1.81 bits per heavy atom. The zero-order chi connectivity index (χ0) is 15.6. The summed E-state index contributed by atoms with van der Waals surface area (Å²) in [7, 11) is -4.27. The molecule has 2 aromatic carbocycles. The van der Waals surface area contributed by atoms with E-state index in [2.05, 4.69) is 4.18 Å². The Morgan fingerprint density at radius 3 is 2.38 bits per heavy atom. The van der Waals surface area contributed by atoms with Crippen LogP contribution in [0.25, 0.3) is 0 Å². The van der Waals surface area contributed by atoms with E-state index in [0.29, 0.717) is 6.07 Å². The molecule has 0 bridgehead atoms. The lowest BCUT2D eigenvalue weighted by molar-refractivity contribution is 0.472. The Hall–Kier alpha value is -2.17. The Kier molecular flexibility index (Phi) is 4.11. The maximum absolute atomic E-state index is 13.0. The molecule has 0 unspecified atom stereocenters. The van der Waals surface area contributed by atoms with E-state index in [0.717, 1.165) is 24.3 Å². The van der Waals surface area contributed by atoms with Crippen molar-refractivity contribution in [1.29, 1.82) is 5.26 Å². The quantitative estimate of drug-likeness (QED) is 0.811. The number of rotatable bonds is 3. The highest BCUT2D eigenvalue weighted by atomic mass is 35.5. The van der Waals surface area contributed by atoms with E-state index in [9.17, 15) is 17.2 Å². The molecule has 0 atom stereocenters. The fraction of sp³-hybridized carbons (Fsp3) is 0. The second-order valence-electron chi connectivity index (χ2n) is 3.87. The van der Waals surface area contributed by atoms with Crippen LogP contribution >= 0.6 is 11.6 Å². The van der Waals surface area contributed by atoms with Crippen molar-refractivity contribution in [2.24, 2.45) is 0 Å². The largest absolute Gasteiger partial charge is 0.379 e. The van der Waals surface area contributed by atoms with Crippen molar-refractivity contribution in [3.8, 4) is 11.8 Å². The van der Waals surface area contributed by atoms with Gasteiger partial charge in [-0.3, -0.25) is 0 Å². The van der Waals surface area contributed by atoms with Gasteiger partial charge in [-0.1, -0.05) is 11.6 Å². The zero-order valence-corrected chi connectivity index (χ0v) is 11.8. The molecule has 4 nitrogen and oxygen atoms in total. The molecule has 0 amide bonds. The molecular formula is C13H6ClF2NO3S. The average Bonchev–Trinajstić information content (AvgIpc) is 2.42. The maximum atomic E-state index is 13.0. The van der Waals surface area contributed by atoms with Gasteiger partial charge >= 0.3 is 10.1 Å². The third-order valence-electron chi connectivity index (χ3n) is 2.45. The van der Waals surface area contributed by atoms with Crippen LogP contribution in [0.15, 0.2) is 41.3 Å². The minimum atomic E-state index is -4.27. The monoisotopic (exact) mass is 329 g/mol. The summed E-state index contributed by atoms with van der Waals surface area (Å²) < 4.78 is 54.4. The fourth-order valence-electron chi connectivity index (χ4n) is 1.45. The topological polar surface area (TPSA) is 67.2 Å². The van der Waals surface area contributed by atoms with Crippen LogP contribution in [0, 0.1) is 23.0 Å². The third-order valence-corrected chi connectivity index (χ3v) is 4.00. The lowest BCUT2D eigenvalue weighted by Crippen LogP contribution is -2.10. The van der Waals surface area contributed by atoms with Crippen molar-refractivity contribution >= 4 is 21.7 Å². The van der Waals surface area contributed by atoms with Gasteiger partial charge in [-0.15, -0.1) is 0 Å². The fourth-order valence-corrected chi connectivity index (χ4v) is 2.68. The van der Waals surface area contributed by atoms with E-state index in [4.69, 9.17) is 16.9 Å². The first-order valence-corrected chi connectivity index (χ1v) is 7.21. The normalized spacial score (nSPS) is 11.0. The van der Waals surface area contributed by atoms with E-state index in [1.807, 2.05) is 0 Å². The Bertz CT molecular complexity index is 847. The first kappa shape index (κ1) is 15.2. The minimum absolute atomic E-state index is 0.0625. The summed E-state index contributed by atoms with van der Waals surface area (Å²) in [6, 6.07) is 7.48. The highest BCUT2D eigenvalue weighted by molar-refractivity contribution is 7.87. The SMILES string of the molecule is N#Cc1ccc(S(=O)(=O)Oc2ccc(F)c(F)c2)cc1Cl. The van der Waals surface area contributed by atoms with E-state index in [-0.39, 0.29) is 21.2 Å². The van der Waals surface area contributed by atoms with E-state index < -0.39 is 21.8 Å². The van der Waals surface area contributed by atoms with Crippen LogP contribution in [0.3, 0.4) is 0 Å². The molecule has 0 saturated heterocycles. The number of nitrogens with zero attached hydrogens (tertiary/aromatic N) is 1. The molecule has 0 radical (unpaired) electrons. The van der Waals surface area contributed by atoms with Gasteiger partial charge in [0, 0.05) is 6.07 Å². The highest BCUT2D eigenvalue weighted by Crippen LogP contribution is 2.24. The summed E-state index contributed by atoms with van der Waals surface area (Å²) in [5.74, 6) is -2.74. The van der Waals surface area contributed by atoms with Gasteiger partial charge in [0.05, 0.1) is 10.6 Å². The molecule has 0 saturated carbocycles. The molecule has 0 aromatic heterocycles. The Morgan fingerprint density at radius 1 is 1.10 bits per heavy atom. The van der Waals surface area contributed by atoms with E-state index in [1.165, 1.54) is 6.07 Å². The lowest BCUT2D eigenvalue weighted by atomic mass is 10.2. The number of benzene rings is 2.